The number of hydrogen-bond acceptors (Lipinski definition) is 3. The Kier molecular flexibility index (Phi) is 4.62. The van der Waals surface area contributed by atoms with E-state index < -0.39 is 11.7 Å². The van der Waals surface area contributed by atoms with Gasteiger partial charge < -0.3 is 5.73 Å². The molecular formula is C14H17F3N4. The molecule has 0 radical (unpaired) electrons. The van der Waals surface area contributed by atoms with E-state index in [2.05, 4.69) is 10.1 Å². The number of nitrogens with zero attached hydrogens (tertiary/aromatic N) is 3. The third-order valence-corrected chi connectivity index (χ3v) is 3.19. The van der Waals surface area contributed by atoms with Crippen LogP contribution in [0.1, 0.15) is 23.9 Å². The molecule has 2 rings (SSSR count). The van der Waals surface area contributed by atoms with Crippen molar-refractivity contribution in [2.45, 2.75) is 38.5 Å². The van der Waals surface area contributed by atoms with Crippen LogP contribution in [0.4, 0.5) is 13.2 Å². The van der Waals surface area contributed by atoms with Gasteiger partial charge in [0.1, 0.15) is 12.2 Å². The number of nitrogens with two attached hydrogens (primary N) is 1. The highest BCUT2D eigenvalue weighted by atomic mass is 19.4. The van der Waals surface area contributed by atoms with Crippen LogP contribution in [0, 0.1) is 0 Å². The van der Waals surface area contributed by atoms with Gasteiger partial charge in [0.05, 0.1) is 5.56 Å². The quantitative estimate of drug-likeness (QED) is 0.922. The second-order valence-corrected chi connectivity index (χ2v) is 4.86. The minimum absolute atomic E-state index is 0.303. The molecule has 1 aromatic heterocycles. The summed E-state index contributed by atoms with van der Waals surface area (Å²) < 4.78 is 39.7. The smallest absolute Gasteiger partial charge is 0.327 e. The molecule has 7 heteroatoms. The minimum atomic E-state index is -4.33. The normalized spacial score (nSPS) is 13.4. The van der Waals surface area contributed by atoms with Crippen molar-refractivity contribution in [3.63, 3.8) is 0 Å². The second-order valence-electron chi connectivity index (χ2n) is 4.86. The van der Waals surface area contributed by atoms with Gasteiger partial charge in [-0.25, -0.2) is 4.98 Å². The Bertz CT molecular complexity index is 592. The lowest BCUT2D eigenvalue weighted by Gasteiger charge is -2.13. The summed E-state index contributed by atoms with van der Waals surface area (Å²) >= 11 is 0. The van der Waals surface area contributed by atoms with Crippen LogP contribution in [0.15, 0.2) is 30.6 Å². The molecule has 1 unspecified atom stereocenters. The fourth-order valence-electron chi connectivity index (χ4n) is 2.19. The first-order valence-corrected chi connectivity index (χ1v) is 6.68. The Labute approximate surface area is 120 Å². The van der Waals surface area contributed by atoms with E-state index in [-0.39, 0.29) is 6.04 Å². The van der Waals surface area contributed by atoms with Gasteiger partial charge in [-0.1, -0.05) is 18.2 Å². The van der Waals surface area contributed by atoms with Crippen LogP contribution < -0.4 is 5.73 Å². The summed E-state index contributed by atoms with van der Waals surface area (Å²) in [6.45, 7) is 2.63. The number of rotatable bonds is 5. The van der Waals surface area contributed by atoms with Crippen LogP contribution in [0.25, 0.3) is 0 Å². The zero-order valence-corrected chi connectivity index (χ0v) is 11.6. The highest BCUT2D eigenvalue weighted by molar-refractivity contribution is 5.26. The maximum Gasteiger partial charge on any atom is 0.416 e. The van der Waals surface area contributed by atoms with Crippen molar-refractivity contribution in [3.8, 4) is 0 Å². The summed E-state index contributed by atoms with van der Waals surface area (Å²) in [5, 5.41) is 4.04. The van der Waals surface area contributed by atoms with Gasteiger partial charge in [0, 0.05) is 19.0 Å². The van der Waals surface area contributed by atoms with Crippen molar-refractivity contribution in [1.29, 1.82) is 0 Å². The molecule has 1 heterocycles. The Morgan fingerprint density at radius 1 is 1.29 bits per heavy atom. The number of aromatic nitrogens is 3. The molecule has 0 aliphatic rings. The van der Waals surface area contributed by atoms with Crippen molar-refractivity contribution in [1.82, 2.24) is 14.8 Å². The number of aryl methyl sites for hydroxylation is 1. The molecular weight excluding hydrogens is 281 g/mol. The molecule has 114 valence electrons. The van der Waals surface area contributed by atoms with Gasteiger partial charge in [-0.15, -0.1) is 0 Å². The van der Waals surface area contributed by atoms with Crippen LogP contribution >= 0.6 is 0 Å². The minimum Gasteiger partial charge on any atom is -0.327 e. The summed E-state index contributed by atoms with van der Waals surface area (Å²) in [6.07, 6.45) is -2.04. The van der Waals surface area contributed by atoms with E-state index in [0.29, 0.717) is 24.9 Å². The molecule has 0 fully saturated rings. The molecule has 0 spiro atoms. The van der Waals surface area contributed by atoms with Gasteiger partial charge in [-0.2, -0.15) is 18.3 Å². The summed E-state index contributed by atoms with van der Waals surface area (Å²) in [7, 11) is 0. The van der Waals surface area contributed by atoms with Crippen molar-refractivity contribution in [3.05, 3.63) is 47.5 Å². The Morgan fingerprint density at radius 2 is 2.05 bits per heavy atom. The zero-order valence-electron chi connectivity index (χ0n) is 11.6. The lowest BCUT2D eigenvalue weighted by atomic mass is 10.0. The predicted octanol–water partition coefficient (Wildman–Crippen LogP) is 2.43. The first-order valence-electron chi connectivity index (χ1n) is 6.68. The second kappa shape index (κ2) is 6.26. The topological polar surface area (TPSA) is 56.7 Å². The molecule has 0 aliphatic carbocycles. The number of alkyl halides is 3. The average molecular weight is 298 g/mol. The summed E-state index contributed by atoms with van der Waals surface area (Å²) in [5.74, 6) is 0.747. The predicted molar refractivity (Wildman–Crippen MR) is 72.5 cm³/mol. The molecule has 1 aromatic carbocycles. The average Bonchev–Trinajstić information content (AvgIpc) is 2.85. The van der Waals surface area contributed by atoms with E-state index in [0.717, 1.165) is 18.0 Å². The highest BCUT2D eigenvalue weighted by Crippen LogP contribution is 2.29. The summed E-state index contributed by atoms with van der Waals surface area (Å²) in [6, 6.07) is 4.95. The summed E-state index contributed by atoms with van der Waals surface area (Å²) in [5.41, 5.74) is 5.94. The van der Waals surface area contributed by atoms with Crippen molar-refractivity contribution in [2.75, 3.05) is 0 Å². The molecule has 0 saturated carbocycles. The van der Waals surface area contributed by atoms with Crippen molar-refractivity contribution in [2.24, 2.45) is 5.73 Å². The number of halogens is 3. The first-order chi connectivity index (χ1) is 9.90. The standard InChI is InChI=1S/C14H17F3N4/c1-2-21-13(19-9-20-21)8-12(18)7-10-4-3-5-11(6-10)14(15,16)17/h3-6,9,12H,2,7-8,18H2,1H3. The molecule has 2 N–H and O–H groups in total. The molecule has 0 amide bonds. The van der Waals surface area contributed by atoms with Gasteiger partial charge in [-0.05, 0) is 25.0 Å². The van der Waals surface area contributed by atoms with Crippen LogP contribution in [0.2, 0.25) is 0 Å². The maximum absolute atomic E-state index is 12.7. The van der Waals surface area contributed by atoms with Gasteiger partial charge >= 0.3 is 6.18 Å². The molecule has 4 nitrogen and oxygen atoms in total. The van der Waals surface area contributed by atoms with Crippen molar-refractivity contribution < 1.29 is 13.2 Å². The summed E-state index contributed by atoms with van der Waals surface area (Å²) in [4.78, 5) is 4.12. The monoisotopic (exact) mass is 298 g/mol. The van der Waals surface area contributed by atoms with Crippen molar-refractivity contribution >= 4 is 0 Å². The maximum atomic E-state index is 12.7. The van der Waals surface area contributed by atoms with Crippen LogP contribution in [0.5, 0.6) is 0 Å². The van der Waals surface area contributed by atoms with E-state index in [9.17, 15) is 13.2 Å². The van der Waals surface area contributed by atoms with Crippen LogP contribution in [-0.2, 0) is 25.6 Å². The number of benzene rings is 1. The van der Waals surface area contributed by atoms with Crippen LogP contribution in [0.3, 0.4) is 0 Å². The fraction of sp³-hybridized carbons (Fsp3) is 0.429. The third kappa shape index (κ3) is 4.04. The van der Waals surface area contributed by atoms with E-state index >= 15 is 0 Å². The van der Waals surface area contributed by atoms with E-state index in [4.69, 9.17) is 5.73 Å². The van der Waals surface area contributed by atoms with Gasteiger partial charge in [0.2, 0.25) is 0 Å². The molecule has 0 saturated heterocycles. The number of hydrogen-bond donors (Lipinski definition) is 1. The Balaban J connectivity index is 2.04. The van der Waals surface area contributed by atoms with Gasteiger partial charge in [0.15, 0.2) is 0 Å². The highest BCUT2D eigenvalue weighted by Gasteiger charge is 2.30. The largest absolute Gasteiger partial charge is 0.416 e. The Hall–Kier alpha value is -1.89. The third-order valence-electron chi connectivity index (χ3n) is 3.19. The SMILES string of the molecule is CCn1ncnc1CC(N)Cc1cccc(C(F)(F)F)c1. The lowest BCUT2D eigenvalue weighted by molar-refractivity contribution is -0.137. The van der Waals surface area contributed by atoms with E-state index in [1.54, 1.807) is 10.7 Å². The Morgan fingerprint density at radius 3 is 2.71 bits per heavy atom. The molecule has 2 aromatic rings. The fourth-order valence-corrected chi connectivity index (χ4v) is 2.19. The van der Waals surface area contributed by atoms with Crippen LogP contribution in [-0.4, -0.2) is 20.8 Å². The zero-order chi connectivity index (χ0) is 15.5. The molecule has 0 bridgehead atoms. The molecule has 21 heavy (non-hydrogen) atoms. The molecule has 0 aliphatic heterocycles. The molecule has 1 atom stereocenters. The van der Waals surface area contributed by atoms with Gasteiger partial charge in [0.25, 0.3) is 0 Å². The first kappa shape index (κ1) is 15.5. The van der Waals surface area contributed by atoms with E-state index in [1.807, 2.05) is 6.92 Å². The lowest BCUT2D eigenvalue weighted by Crippen LogP contribution is -2.27. The van der Waals surface area contributed by atoms with Gasteiger partial charge in [-0.3, -0.25) is 4.68 Å². The van der Waals surface area contributed by atoms with E-state index in [1.165, 1.54) is 12.4 Å².